The molecule has 0 aliphatic rings. The summed E-state index contributed by atoms with van der Waals surface area (Å²) in [5.74, 6) is 0. The molecule has 0 amide bonds. The third-order valence-corrected chi connectivity index (χ3v) is 4.63. The van der Waals surface area contributed by atoms with Gasteiger partial charge >= 0.3 is 0 Å². The zero-order valence-electron chi connectivity index (χ0n) is 7.92. The largest absolute Gasteiger partial charge is 0.389 e. The van der Waals surface area contributed by atoms with Crippen LogP contribution in [-0.4, -0.2) is 4.98 Å². The van der Waals surface area contributed by atoms with E-state index >= 15 is 0 Å². The average molecular weight is 348 g/mol. The molecule has 0 spiro atoms. The van der Waals surface area contributed by atoms with Crippen LogP contribution in [0.25, 0.3) is 11.3 Å². The molecule has 0 bridgehead atoms. The molecule has 0 saturated heterocycles. The minimum atomic E-state index is 0.765. The Bertz CT molecular complexity index is 508. The first-order valence-electron chi connectivity index (χ1n) is 4.26. The van der Waals surface area contributed by atoms with Gasteiger partial charge in [0.1, 0.15) is 10.7 Å². The standard InChI is InChI=1S/C10H8Br2N2S/c1-5-14-9(10(13)15-5)6-2-3-7(11)8(12)4-6/h2-4H,13H2,1H3. The number of hydrogen-bond acceptors (Lipinski definition) is 3. The summed E-state index contributed by atoms with van der Waals surface area (Å²) >= 11 is 8.41. The van der Waals surface area contributed by atoms with Crippen molar-refractivity contribution in [3.63, 3.8) is 0 Å². The molecule has 78 valence electrons. The summed E-state index contributed by atoms with van der Waals surface area (Å²) in [5, 5.41) is 1.75. The summed E-state index contributed by atoms with van der Waals surface area (Å²) in [6, 6.07) is 5.99. The van der Waals surface area contributed by atoms with Crippen molar-refractivity contribution in [1.82, 2.24) is 4.98 Å². The molecule has 2 N–H and O–H groups in total. The van der Waals surface area contributed by atoms with Crippen LogP contribution in [0.3, 0.4) is 0 Å². The van der Waals surface area contributed by atoms with Crippen LogP contribution >= 0.6 is 43.2 Å². The van der Waals surface area contributed by atoms with Crippen molar-refractivity contribution >= 4 is 48.2 Å². The Balaban J connectivity index is 2.54. The molecule has 2 aromatic rings. The maximum absolute atomic E-state index is 5.89. The zero-order chi connectivity index (χ0) is 11.0. The van der Waals surface area contributed by atoms with Crippen molar-refractivity contribution < 1.29 is 0 Å². The Morgan fingerprint density at radius 1 is 1.27 bits per heavy atom. The normalized spacial score (nSPS) is 10.6. The van der Waals surface area contributed by atoms with Crippen LogP contribution in [0.4, 0.5) is 5.00 Å². The molecule has 0 aliphatic heterocycles. The van der Waals surface area contributed by atoms with E-state index in [1.165, 1.54) is 11.3 Å². The third kappa shape index (κ3) is 2.24. The highest BCUT2D eigenvalue weighted by Crippen LogP contribution is 2.33. The van der Waals surface area contributed by atoms with E-state index in [4.69, 9.17) is 5.73 Å². The molecule has 1 aromatic heterocycles. The van der Waals surface area contributed by atoms with E-state index in [1.54, 1.807) is 0 Å². The summed E-state index contributed by atoms with van der Waals surface area (Å²) in [6.45, 7) is 1.96. The summed E-state index contributed by atoms with van der Waals surface area (Å²) in [5.41, 5.74) is 7.79. The lowest BCUT2D eigenvalue weighted by molar-refractivity contribution is 1.30. The van der Waals surface area contributed by atoms with Gasteiger partial charge in [-0.15, -0.1) is 11.3 Å². The Kier molecular flexibility index (Phi) is 3.13. The Hall–Kier alpha value is -0.390. The van der Waals surface area contributed by atoms with E-state index in [0.717, 1.165) is 30.2 Å². The van der Waals surface area contributed by atoms with Crippen molar-refractivity contribution in [3.05, 3.63) is 32.2 Å². The summed E-state index contributed by atoms with van der Waals surface area (Å²) in [7, 11) is 0. The van der Waals surface area contributed by atoms with Crippen molar-refractivity contribution in [2.75, 3.05) is 5.73 Å². The van der Waals surface area contributed by atoms with Gasteiger partial charge in [-0.3, -0.25) is 0 Å². The van der Waals surface area contributed by atoms with Gasteiger partial charge in [0.25, 0.3) is 0 Å². The molecule has 5 heteroatoms. The maximum Gasteiger partial charge on any atom is 0.114 e. The molecule has 0 atom stereocenters. The molecule has 2 nitrogen and oxygen atoms in total. The highest BCUT2D eigenvalue weighted by atomic mass is 79.9. The van der Waals surface area contributed by atoms with Crippen LogP contribution in [0.1, 0.15) is 5.01 Å². The van der Waals surface area contributed by atoms with Gasteiger partial charge in [0.15, 0.2) is 0 Å². The van der Waals surface area contributed by atoms with Crippen molar-refractivity contribution in [2.24, 2.45) is 0 Å². The molecule has 0 unspecified atom stereocenters. The Labute approximate surface area is 109 Å². The molecular weight excluding hydrogens is 340 g/mol. The van der Waals surface area contributed by atoms with Crippen LogP contribution in [0.15, 0.2) is 27.1 Å². The summed E-state index contributed by atoms with van der Waals surface area (Å²) in [6.07, 6.45) is 0. The van der Waals surface area contributed by atoms with Gasteiger partial charge in [0.05, 0.1) is 5.01 Å². The van der Waals surface area contributed by atoms with E-state index in [1.807, 2.05) is 25.1 Å². The second kappa shape index (κ2) is 4.23. The highest BCUT2D eigenvalue weighted by Gasteiger charge is 2.09. The van der Waals surface area contributed by atoms with Crippen molar-refractivity contribution in [2.45, 2.75) is 6.92 Å². The SMILES string of the molecule is Cc1nc(-c2ccc(Br)c(Br)c2)c(N)s1. The molecule has 0 aliphatic carbocycles. The van der Waals surface area contributed by atoms with E-state index in [-0.39, 0.29) is 0 Å². The second-order valence-electron chi connectivity index (χ2n) is 3.07. The smallest absolute Gasteiger partial charge is 0.114 e. The van der Waals surface area contributed by atoms with Gasteiger partial charge in [0, 0.05) is 14.5 Å². The van der Waals surface area contributed by atoms with Crippen LogP contribution in [0, 0.1) is 6.92 Å². The van der Waals surface area contributed by atoms with Gasteiger partial charge in [-0.1, -0.05) is 6.07 Å². The average Bonchev–Trinajstić information content (AvgIpc) is 2.50. The Morgan fingerprint density at radius 3 is 2.53 bits per heavy atom. The van der Waals surface area contributed by atoms with Crippen LogP contribution in [-0.2, 0) is 0 Å². The van der Waals surface area contributed by atoms with E-state index in [9.17, 15) is 0 Å². The number of thiazole rings is 1. The second-order valence-corrected chi connectivity index (χ2v) is 6.02. The lowest BCUT2D eigenvalue weighted by atomic mass is 10.2. The van der Waals surface area contributed by atoms with Crippen LogP contribution < -0.4 is 5.73 Å². The number of nitrogen functional groups attached to an aromatic ring is 1. The summed E-state index contributed by atoms with van der Waals surface area (Å²) in [4.78, 5) is 4.41. The quantitative estimate of drug-likeness (QED) is 0.838. The molecule has 1 aromatic carbocycles. The number of benzene rings is 1. The number of hydrogen-bond donors (Lipinski definition) is 1. The number of halogens is 2. The van der Waals surface area contributed by atoms with Gasteiger partial charge in [-0.05, 0) is 50.9 Å². The number of nitrogens with zero attached hydrogens (tertiary/aromatic N) is 1. The number of anilines is 1. The topological polar surface area (TPSA) is 38.9 Å². The lowest BCUT2D eigenvalue weighted by Crippen LogP contribution is -1.86. The minimum Gasteiger partial charge on any atom is -0.389 e. The predicted octanol–water partition coefficient (Wildman–Crippen LogP) is 4.23. The van der Waals surface area contributed by atoms with E-state index < -0.39 is 0 Å². The first-order valence-corrected chi connectivity index (χ1v) is 6.66. The Morgan fingerprint density at radius 2 is 2.00 bits per heavy atom. The molecule has 0 saturated carbocycles. The number of aromatic nitrogens is 1. The number of rotatable bonds is 1. The van der Waals surface area contributed by atoms with Crippen LogP contribution in [0.2, 0.25) is 0 Å². The van der Waals surface area contributed by atoms with Gasteiger partial charge < -0.3 is 5.73 Å². The minimum absolute atomic E-state index is 0.765. The fourth-order valence-electron chi connectivity index (χ4n) is 1.29. The maximum atomic E-state index is 5.89. The monoisotopic (exact) mass is 346 g/mol. The van der Waals surface area contributed by atoms with Crippen LogP contribution in [0.5, 0.6) is 0 Å². The van der Waals surface area contributed by atoms with Gasteiger partial charge in [-0.25, -0.2) is 4.98 Å². The van der Waals surface area contributed by atoms with Crippen molar-refractivity contribution in [1.29, 1.82) is 0 Å². The predicted molar refractivity (Wildman–Crippen MR) is 72.1 cm³/mol. The molecule has 15 heavy (non-hydrogen) atoms. The van der Waals surface area contributed by atoms with E-state index in [2.05, 4.69) is 36.8 Å². The zero-order valence-corrected chi connectivity index (χ0v) is 11.9. The molecular formula is C10H8Br2N2S. The fourth-order valence-corrected chi connectivity index (χ4v) is 2.63. The van der Waals surface area contributed by atoms with Crippen molar-refractivity contribution in [3.8, 4) is 11.3 Å². The first-order chi connectivity index (χ1) is 7.08. The first kappa shape index (κ1) is 11.1. The van der Waals surface area contributed by atoms with Gasteiger partial charge in [-0.2, -0.15) is 0 Å². The number of aryl methyl sites for hydroxylation is 1. The molecule has 1 heterocycles. The molecule has 0 radical (unpaired) electrons. The number of nitrogens with two attached hydrogens (primary N) is 1. The van der Waals surface area contributed by atoms with Gasteiger partial charge in [0.2, 0.25) is 0 Å². The fraction of sp³-hybridized carbons (Fsp3) is 0.100. The third-order valence-electron chi connectivity index (χ3n) is 1.95. The molecule has 0 fully saturated rings. The molecule has 2 rings (SSSR count). The highest BCUT2D eigenvalue weighted by molar-refractivity contribution is 9.13. The summed E-state index contributed by atoms with van der Waals surface area (Å²) < 4.78 is 2.03. The van der Waals surface area contributed by atoms with E-state index in [0.29, 0.717) is 0 Å². The lowest BCUT2D eigenvalue weighted by Gasteiger charge is -2.01.